The third kappa shape index (κ3) is 1.77. The summed E-state index contributed by atoms with van der Waals surface area (Å²) in [5.74, 6) is 0. The normalized spacial score (nSPS) is 12.5. The average molecular weight is 286 g/mol. The standard InChI is InChI=1S/C16H9F3N2/c17-16(18,19)9-5-6-11-13(7-9)21-14-8-20-12-4-2-1-3-10(12)15(11)14/h1-8,21H. The Bertz CT molecular complexity index is 983. The molecule has 0 unspecified atom stereocenters. The summed E-state index contributed by atoms with van der Waals surface area (Å²) in [7, 11) is 0. The predicted molar refractivity (Wildman–Crippen MR) is 76.1 cm³/mol. The van der Waals surface area contributed by atoms with Crippen molar-refractivity contribution in [2.75, 3.05) is 0 Å². The summed E-state index contributed by atoms with van der Waals surface area (Å²) in [4.78, 5) is 7.34. The number of aromatic amines is 1. The van der Waals surface area contributed by atoms with Crippen molar-refractivity contribution in [1.29, 1.82) is 0 Å². The predicted octanol–water partition coefficient (Wildman–Crippen LogP) is 4.89. The summed E-state index contributed by atoms with van der Waals surface area (Å²) in [6.45, 7) is 0. The Kier molecular flexibility index (Phi) is 2.31. The molecule has 21 heavy (non-hydrogen) atoms. The number of nitrogens with zero attached hydrogens (tertiary/aromatic N) is 1. The fourth-order valence-electron chi connectivity index (χ4n) is 2.71. The van der Waals surface area contributed by atoms with E-state index in [0.717, 1.165) is 39.3 Å². The zero-order valence-electron chi connectivity index (χ0n) is 10.7. The summed E-state index contributed by atoms with van der Waals surface area (Å²) in [5.41, 5.74) is 1.38. The molecular formula is C16H9F3N2. The van der Waals surface area contributed by atoms with E-state index in [1.807, 2.05) is 24.3 Å². The Morgan fingerprint density at radius 2 is 1.71 bits per heavy atom. The highest BCUT2D eigenvalue weighted by atomic mass is 19.4. The van der Waals surface area contributed by atoms with E-state index in [2.05, 4.69) is 9.97 Å². The van der Waals surface area contributed by atoms with Crippen molar-refractivity contribution in [2.24, 2.45) is 0 Å². The molecule has 0 radical (unpaired) electrons. The highest BCUT2D eigenvalue weighted by Gasteiger charge is 2.30. The SMILES string of the molecule is FC(F)(F)c1ccc2c(c1)[nH]c1cnc3ccccc3c12. The summed E-state index contributed by atoms with van der Waals surface area (Å²) in [6.07, 6.45) is -2.68. The molecule has 0 atom stereocenters. The molecule has 0 aliphatic heterocycles. The number of H-pyrrole nitrogens is 1. The minimum absolute atomic E-state index is 0.470. The van der Waals surface area contributed by atoms with Gasteiger partial charge in [0.05, 0.1) is 22.8 Å². The van der Waals surface area contributed by atoms with Gasteiger partial charge in [0.2, 0.25) is 0 Å². The summed E-state index contributed by atoms with van der Waals surface area (Å²) >= 11 is 0. The summed E-state index contributed by atoms with van der Waals surface area (Å²) in [6, 6.07) is 11.4. The van der Waals surface area contributed by atoms with E-state index in [1.165, 1.54) is 6.07 Å². The van der Waals surface area contributed by atoms with E-state index in [1.54, 1.807) is 6.20 Å². The molecule has 0 bridgehead atoms. The Morgan fingerprint density at radius 1 is 0.905 bits per heavy atom. The third-order valence-corrected chi connectivity index (χ3v) is 3.66. The maximum atomic E-state index is 12.8. The van der Waals surface area contributed by atoms with E-state index < -0.39 is 11.7 Å². The quantitative estimate of drug-likeness (QED) is 0.490. The Balaban J connectivity index is 2.14. The van der Waals surface area contributed by atoms with Crippen LogP contribution in [-0.2, 0) is 6.18 Å². The van der Waals surface area contributed by atoms with Crippen molar-refractivity contribution in [2.45, 2.75) is 6.18 Å². The average Bonchev–Trinajstić information content (AvgIpc) is 2.84. The molecule has 0 saturated carbocycles. The fraction of sp³-hybridized carbons (Fsp3) is 0.0625. The molecule has 104 valence electrons. The molecule has 0 fully saturated rings. The van der Waals surface area contributed by atoms with Crippen molar-refractivity contribution in [3.63, 3.8) is 0 Å². The van der Waals surface area contributed by atoms with Crippen molar-refractivity contribution in [3.8, 4) is 0 Å². The van der Waals surface area contributed by atoms with Gasteiger partial charge in [0.15, 0.2) is 0 Å². The van der Waals surface area contributed by atoms with Crippen LogP contribution < -0.4 is 0 Å². The monoisotopic (exact) mass is 286 g/mol. The number of halogens is 3. The number of alkyl halides is 3. The summed E-state index contributed by atoms with van der Waals surface area (Å²) in [5, 5.41) is 2.61. The molecule has 0 saturated heterocycles. The van der Waals surface area contributed by atoms with Gasteiger partial charge in [-0.2, -0.15) is 13.2 Å². The van der Waals surface area contributed by atoms with Crippen molar-refractivity contribution in [3.05, 3.63) is 54.2 Å². The molecule has 5 heteroatoms. The molecule has 0 aliphatic rings. The highest BCUT2D eigenvalue weighted by molar-refractivity contribution is 6.19. The van der Waals surface area contributed by atoms with E-state index in [0.29, 0.717) is 5.52 Å². The van der Waals surface area contributed by atoms with Gasteiger partial charge in [-0.3, -0.25) is 4.98 Å². The number of pyridine rings is 1. The maximum absolute atomic E-state index is 12.8. The van der Waals surface area contributed by atoms with Crippen LogP contribution in [0.3, 0.4) is 0 Å². The van der Waals surface area contributed by atoms with E-state index >= 15 is 0 Å². The van der Waals surface area contributed by atoms with Crippen LogP contribution in [0.25, 0.3) is 32.7 Å². The Hall–Kier alpha value is -2.56. The molecule has 1 N–H and O–H groups in total. The molecule has 2 aromatic heterocycles. The number of nitrogens with one attached hydrogen (secondary N) is 1. The number of rotatable bonds is 0. The number of benzene rings is 2. The van der Waals surface area contributed by atoms with Crippen LogP contribution in [0.5, 0.6) is 0 Å². The van der Waals surface area contributed by atoms with E-state index in [4.69, 9.17) is 0 Å². The second kappa shape index (κ2) is 3.97. The van der Waals surface area contributed by atoms with Crippen LogP contribution in [-0.4, -0.2) is 9.97 Å². The number of aromatic nitrogens is 2. The lowest BCUT2D eigenvalue weighted by Gasteiger charge is -2.05. The van der Waals surface area contributed by atoms with E-state index in [-0.39, 0.29) is 0 Å². The Labute approximate surface area is 117 Å². The van der Waals surface area contributed by atoms with Gasteiger partial charge in [-0.1, -0.05) is 24.3 Å². The number of hydrogen-bond acceptors (Lipinski definition) is 1. The second-order valence-corrected chi connectivity index (χ2v) is 4.95. The zero-order chi connectivity index (χ0) is 14.6. The summed E-state index contributed by atoms with van der Waals surface area (Å²) < 4.78 is 38.4. The molecule has 4 rings (SSSR count). The molecular weight excluding hydrogens is 277 g/mol. The second-order valence-electron chi connectivity index (χ2n) is 4.95. The number of fused-ring (bicyclic) bond motifs is 5. The van der Waals surface area contributed by atoms with Gasteiger partial charge >= 0.3 is 6.18 Å². The van der Waals surface area contributed by atoms with Crippen LogP contribution in [0.2, 0.25) is 0 Å². The molecule has 2 aromatic carbocycles. The first kappa shape index (κ1) is 12.2. The number of hydrogen-bond donors (Lipinski definition) is 1. The zero-order valence-corrected chi connectivity index (χ0v) is 10.7. The van der Waals surface area contributed by atoms with Gasteiger partial charge < -0.3 is 4.98 Å². The molecule has 0 aliphatic carbocycles. The smallest absolute Gasteiger partial charge is 0.353 e. The molecule has 0 spiro atoms. The lowest BCUT2D eigenvalue weighted by molar-refractivity contribution is -0.137. The lowest BCUT2D eigenvalue weighted by Crippen LogP contribution is -2.03. The molecule has 0 amide bonds. The maximum Gasteiger partial charge on any atom is 0.416 e. The molecule has 4 aromatic rings. The topological polar surface area (TPSA) is 28.7 Å². The van der Waals surface area contributed by atoms with Crippen LogP contribution in [0.4, 0.5) is 13.2 Å². The van der Waals surface area contributed by atoms with E-state index in [9.17, 15) is 13.2 Å². The van der Waals surface area contributed by atoms with Gasteiger partial charge in [-0.05, 0) is 18.2 Å². The largest absolute Gasteiger partial charge is 0.416 e. The first-order chi connectivity index (χ1) is 10.0. The molecule has 2 nitrogen and oxygen atoms in total. The van der Waals surface area contributed by atoms with Gasteiger partial charge in [-0.25, -0.2) is 0 Å². The van der Waals surface area contributed by atoms with Crippen molar-refractivity contribution >= 4 is 32.7 Å². The van der Waals surface area contributed by atoms with Crippen LogP contribution in [0.15, 0.2) is 48.7 Å². The highest BCUT2D eigenvalue weighted by Crippen LogP contribution is 2.35. The minimum Gasteiger partial charge on any atom is -0.353 e. The van der Waals surface area contributed by atoms with Gasteiger partial charge in [0.25, 0.3) is 0 Å². The fourth-order valence-corrected chi connectivity index (χ4v) is 2.71. The first-order valence-electron chi connectivity index (χ1n) is 6.40. The minimum atomic E-state index is -4.34. The van der Waals surface area contributed by atoms with Gasteiger partial charge in [0, 0.05) is 21.7 Å². The molecule has 2 heterocycles. The van der Waals surface area contributed by atoms with Crippen LogP contribution in [0.1, 0.15) is 5.56 Å². The third-order valence-electron chi connectivity index (χ3n) is 3.66. The lowest BCUT2D eigenvalue weighted by atomic mass is 10.1. The van der Waals surface area contributed by atoms with Crippen LogP contribution in [0, 0.1) is 0 Å². The van der Waals surface area contributed by atoms with Gasteiger partial charge in [0.1, 0.15) is 0 Å². The van der Waals surface area contributed by atoms with Crippen molar-refractivity contribution < 1.29 is 13.2 Å². The Morgan fingerprint density at radius 3 is 2.52 bits per heavy atom. The van der Waals surface area contributed by atoms with Gasteiger partial charge in [-0.15, -0.1) is 0 Å². The van der Waals surface area contributed by atoms with Crippen molar-refractivity contribution in [1.82, 2.24) is 9.97 Å². The van der Waals surface area contributed by atoms with Crippen LogP contribution >= 0.6 is 0 Å². The number of para-hydroxylation sites is 1. The first-order valence-corrected chi connectivity index (χ1v) is 6.40.